The molecule has 0 saturated carbocycles. The van der Waals surface area contributed by atoms with Crippen LogP contribution in [0.3, 0.4) is 0 Å². The molecule has 5 nitrogen and oxygen atoms in total. The van der Waals surface area contributed by atoms with Crippen LogP contribution in [-0.2, 0) is 13.1 Å². The SMILES string of the molecule is CN=C(NCCC(C)N(C)Cc1ccccc1)NCc1cccc(N2CC=CC2)c1. The summed E-state index contributed by atoms with van der Waals surface area (Å²) in [5.41, 5.74) is 3.89. The molecular weight excluding hydrogens is 370 g/mol. The van der Waals surface area contributed by atoms with Gasteiger partial charge in [-0.1, -0.05) is 54.6 Å². The highest BCUT2D eigenvalue weighted by Gasteiger charge is 2.10. The number of nitrogens with zero attached hydrogens (tertiary/aromatic N) is 3. The predicted octanol–water partition coefficient (Wildman–Crippen LogP) is 3.64. The lowest BCUT2D eigenvalue weighted by Crippen LogP contribution is -2.39. The van der Waals surface area contributed by atoms with Gasteiger partial charge >= 0.3 is 0 Å². The van der Waals surface area contributed by atoms with Gasteiger partial charge in [0, 0.05) is 51.5 Å². The lowest BCUT2D eigenvalue weighted by Gasteiger charge is -2.25. The Labute approximate surface area is 181 Å². The standard InChI is InChI=1S/C25H35N5/c1-21(29(3)20-22-10-5-4-6-11-22)14-15-27-25(26-2)28-19-23-12-9-13-24(18-23)30-16-7-8-17-30/h4-13,18,21H,14-17,19-20H2,1-3H3,(H2,26,27,28). The van der Waals surface area contributed by atoms with Crippen molar-refractivity contribution in [2.24, 2.45) is 4.99 Å². The van der Waals surface area contributed by atoms with Gasteiger partial charge in [-0.15, -0.1) is 0 Å². The van der Waals surface area contributed by atoms with Crippen LogP contribution < -0.4 is 15.5 Å². The Morgan fingerprint density at radius 2 is 1.77 bits per heavy atom. The van der Waals surface area contributed by atoms with Crippen LogP contribution in [-0.4, -0.2) is 50.6 Å². The molecule has 0 aliphatic carbocycles. The zero-order valence-electron chi connectivity index (χ0n) is 18.5. The van der Waals surface area contributed by atoms with Crippen LogP contribution in [0.15, 0.2) is 71.7 Å². The van der Waals surface area contributed by atoms with Crippen molar-refractivity contribution in [2.75, 3.05) is 38.6 Å². The summed E-state index contributed by atoms with van der Waals surface area (Å²) >= 11 is 0. The summed E-state index contributed by atoms with van der Waals surface area (Å²) in [6.45, 7) is 6.89. The summed E-state index contributed by atoms with van der Waals surface area (Å²) in [6.07, 6.45) is 5.49. The Balaban J connectivity index is 1.40. The molecule has 1 atom stereocenters. The van der Waals surface area contributed by atoms with E-state index >= 15 is 0 Å². The normalized spacial score (nSPS) is 14.9. The molecule has 30 heavy (non-hydrogen) atoms. The third-order valence-corrected chi connectivity index (χ3v) is 5.66. The van der Waals surface area contributed by atoms with Gasteiger partial charge < -0.3 is 15.5 Å². The minimum atomic E-state index is 0.488. The minimum absolute atomic E-state index is 0.488. The molecule has 2 N–H and O–H groups in total. The van der Waals surface area contributed by atoms with Crippen molar-refractivity contribution >= 4 is 11.6 Å². The van der Waals surface area contributed by atoms with Crippen molar-refractivity contribution in [1.82, 2.24) is 15.5 Å². The topological polar surface area (TPSA) is 42.9 Å². The Morgan fingerprint density at radius 1 is 1.03 bits per heavy atom. The van der Waals surface area contributed by atoms with Crippen LogP contribution in [0.5, 0.6) is 0 Å². The van der Waals surface area contributed by atoms with Crippen molar-refractivity contribution in [3.05, 3.63) is 77.9 Å². The van der Waals surface area contributed by atoms with E-state index in [1.165, 1.54) is 16.8 Å². The number of aliphatic imine (C=N–C) groups is 1. The summed E-state index contributed by atoms with van der Waals surface area (Å²) in [5, 5.41) is 6.89. The van der Waals surface area contributed by atoms with E-state index in [4.69, 9.17) is 0 Å². The van der Waals surface area contributed by atoms with Crippen LogP contribution in [0.1, 0.15) is 24.5 Å². The fourth-order valence-corrected chi connectivity index (χ4v) is 3.61. The average Bonchev–Trinajstić information content (AvgIpc) is 3.32. The summed E-state index contributed by atoms with van der Waals surface area (Å²) in [5.74, 6) is 0.848. The van der Waals surface area contributed by atoms with Crippen LogP contribution in [0.25, 0.3) is 0 Å². The molecule has 0 amide bonds. The van der Waals surface area contributed by atoms with Gasteiger partial charge in [-0.2, -0.15) is 0 Å². The van der Waals surface area contributed by atoms with Gasteiger partial charge in [-0.05, 0) is 43.7 Å². The molecule has 1 heterocycles. The summed E-state index contributed by atoms with van der Waals surface area (Å²) in [6, 6.07) is 19.8. The Kier molecular flexibility index (Phi) is 8.33. The van der Waals surface area contributed by atoms with Gasteiger partial charge in [0.15, 0.2) is 5.96 Å². The van der Waals surface area contributed by atoms with E-state index in [0.29, 0.717) is 6.04 Å². The summed E-state index contributed by atoms with van der Waals surface area (Å²) < 4.78 is 0. The number of benzene rings is 2. The van der Waals surface area contributed by atoms with Gasteiger partial charge in [0.1, 0.15) is 0 Å². The summed E-state index contributed by atoms with van der Waals surface area (Å²) in [7, 11) is 4.01. The zero-order valence-corrected chi connectivity index (χ0v) is 18.5. The van der Waals surface area contributed by atoms with E-state index in [1.807, 2.05) is 7.05 Å². The first-order valence-electron chi connectivity index (χ1n) is 10.8. The minimum Gasteiger partial charge on any atom is -0.364 e. The van der Waals surface area contributed by atoms with Crippen LogP contribution >= 0.6 is 0 Å². The highest BCUT2D eigenvalue weighted by molar-refractivity contribution is 5.79. The van der Waals surface area contributed by atoms with Gasteiger partial charge in [-0.3, -0.25) is 9.89 Å². The van der Waals surface area contributed by atoms with Crippen molar-refractivity contribution < 1.29 is 0 Å². The van der Waals surface area contributed by atoms with Crippen molar-refractivity contribution in [1.29, 1.82) is 0 Å². The monoisotopic (exact) mass is 405 g/mol. The first kappa shape index (κ1) is 21.9. The molecule has 0 bridgehead atoms. The fraction of sp³-hybridized carbons (Fsp3) is 0.400. The second kappa shape index (κ2) is 11.4. The average molecular weight is 406 g/mol. The van der Waals surface area contributed by atoms with E-state index in [1.54, 1.807) is 0 Å². The zero-order chi connectivity index (χ0) is 21.2. The van der Waals surface area contributed by atoms with Gasteiger partial charge in [0.2, 0.25) is 0 Å². The predicted molar refractivity (Wildman–Crippen MR) is 128 cm³/mol. The van der Waals surface area contributed by atoms with E-state index in [0.717, 1.165) is 45.1 Å². The molecule has 1 aliphatic heterocycles. The molecule has 0 spiro atoms. The fourth-order valence-electron chi connectivity index (χ4n) is 3.61. The molecule has 3 rings (SSSR count). The molecule has 1 aliphatic rings. The van der Waals surface area contributed by atoms with Crippen LogP contribution in [0.4, 0.5) is 5.69 Å². The van der Waals surface area contributed by atoms with Gasteiger partial charge in [-0.25, -0.2) is 0 Å². The third-order valence-electron chi connectivity index (χ3n) is 5.66. The number of hydrogen-bond acceptors (Lipinski definition) is 3. The van der Waals surface area contributed by atoms with Crippen molar-refractivity contribution in [2.45, 2.75) is 32.5 Å². The molecule has 0 radical (unpaired) electrons. The molecule has 0 aromatic heterocycles. The molecular formula is C25H35N5. The van der Waals surface area contributed by atoms with Crippen LogP contribution in [0, 0.1) is 0 Å². The largest absolute Gasteiger partial charge is 0.364 e. The molecule has 2 aromatic rings. The highest BCUT2D eigenvalue weighted by Crippen LogP contribution is 2.18. The van der Waals surface area contributed by atoms with E-state index in [9.17, 15) is 0 Å². The number of rotatable bonds is 9. The Morgan fingerprint density at radius 3 is 2.50 bits per heavy atom. The third kappa shape index (κ3) is 6.63. The maximum atomic E-state index is 4.37. The molecule has 0 saturated heterocycles. The van der Waals surface area contributed by atoms with E-state index in [2.05, 4.69) is 106 Å². The lowest BCUT2D eigenvalue weighted by molar-refractivity contribution is 0.238. The Bertz CT molecular complexity index is 822. The molecule has 5 heteroatoms. The Hall–Kier alpha value is -2.79. The van der Waals surface area contributed by atoms with Crippen molar-refractivity contribution in [3.8, 4) is 0 Å². The first-order chi connectivity index (χ1) is 14.7. The van der Waals surface area contributed by atoms with Crippen LogP contribution in [0.2, 0.25) is 0 Å². The van der Waals surface area contributed by atoms with E-state index in [-0.39, 0.29) is 0 Å². The number of guanidine groups is 1. The smallest absolute Gasteiger partial charge is 0.191 e. The number of anilines is 1. The van der Waals surface area contributed by atoms with Gasteiger partial charge in [0.05, 0.1) is 0 Å². The molecule has 1 unspecified atom stereocenters. The maximum absolute atomic E-state index is 4.37. The second-order valence-corrected chi connectivity index (χ2v) is 7.94. The maximum Gasteiger partial charge on any atom is 0.191 e. The molecule has 2 aromatic carbocycles. The number of hydrogen-bond donors (Lipinski definition) is 2. The molecule has 160 valence electrons. The first-order valence-corrected chi connectivity index (χ1v) is 10.8. The summed E-state index contributed by atoms with van der Waals surface area (Å²) in [4.78, 5) is 9.13. The molecule has 0 fully saturated rings. The van der Waals surface area contributed by atoms with Crippen molar-refractivity contribution in [3.63, 3.8) is 0 Å². The second-order valence-electron chi connectivity index (χ2n) is 7.94. The highest BCUT2D eigenvalue weighted by atomic mass is 15.2. The van der Waals surface area contributed by atoms with Gasteiger partial charge in [0.25, 0.3) is 0 Å². The number of nitrogens with one attached hydrogen (secondary N) is 2. The van der Waals surface area contributed by atoms with E-state index < -0.39 is 0 Å². The lowest BCUT2D eigenvalue weighted by atomic mass is 10.1. The quantitative estimate of drug-likeness (QED) is 0.380.